The van der Waals surface area contributed by atoms with E-state index < -0.39 is 0 Å². The Bertz CT molecular complexity index is 1120. The van der Waals surface area contributed by atoms with E-state index in [4.69, 9.17) is 0 Å². The second-order valence-corrected chi connectivity index (χ2v) is 9.32. The minimum atomic E-state index is -0.119. The summed E-state index contributed by atoms with van der Waals surface area (Å²) in [7, 11) is 0. The van der Waals surface area contributed by atoms with E-state index in [0.29, 0.717) is 12.4 Å². The Hall–Kier alpha value is -3.59. The minimum Gasteiger partial charge on any atom is -0.354 e. The number of carbonyl (C=O) groups is 1. The number of nitrogens with zero attached hydrogens (tertiary/aromatic N) is 7. The van der Waals surface area contributed by atoms with Gasteiger partial charge in [-0.05, 0) is 37.5 Å². The Kier molecular flexibility index (Phi) is 7.13. The molecule has 2 saturated heterocycles. The molecule has 1 aromatic carbocycles. The second-order valence-electron chi connectivity index (χ2n) is 9.32. The van der Waals surface area contributed by atoms with Gasteiger partial charge in [-0.3, -0.25) is 9.69 Å². The summed E-state index contributed by atoms with van der Waals surface area (Å²) >= 11 is 0. The number of piperazine rings is 1. The van der Waals surface area contributed by atoms with Gasteiger partial charge in [-0.2, -0.15) is 5.10 Å². The molecular weight excluding hydrogens is 440 g/mol. The molecule has 2 aromatic heterocycles. The van der Waals surface area contributed by atoms with Crippen molar-refractivity contribution in [2.75, 3.05) is 54.4 Å². The molecule has 1 N–H and O–H groups in total. The molecule has 1 amide bonds. The molecule has 2 aliphatic rings. The monoisotopic (exact) mass is 472 g/mol. The summed E-state index contributed by atoms with van der Waals surface area (Å²) in [5.41, 5.74) is 2.22. The van der Waals surface area contributed by atoms with Crippen LogP contribution in [0.15, 0.2) is 54.9 Å². The van der Waals surface area contributed by atoms with Crippen molar-refractivity contribution >= 4 is 23.4 Å². The van der Waals surface area contributed by atoms with E-state index in [0.717, 1.165) is 69.4 Å². The number of anilines is 3. The van der Waals surface area contributed by atoms with E-state index in [1.165, 1.54) is 11.9 Å². The Labute approximate surface area is 206 Å². The predicted octanol–water partition coefficient (Wildman–Crippen LogP) is 2.75. The number of hydrogen-bond acceptors (Lipinski definition) is 8. The van der Waals surface area contributed by atoms with E-state index in [1.54, 1.807) is 0 Å². The van der Waals surface area contributed by atoms with Crippen molar-refractivity contribution < 1.29 is 4.79 Å². The van der Waals surface area contributed by atoms with Crippen molar-refractivity contribution in [3.8, 4) is 0 Å². The summed E-state index contributed by atoms with van der Waals surface area (Å²) in [6.07, 6.45) is 3.33. The fourth-order valence-corrected chi connectivity index (χ4v) is 4.75. The zero-order chi connectivity index (χ0) is 24.0. The van der Waals surface area contributed by atoms with Gasteiger partial charge in [0, 0.05) is 51.9 Å². The molecule has 0 aliphatic carbocycles. The summed E-state index contributed by atoms with van der Waals surface area (Å²) in [6.45, 7) is 8.14. The van der Waals surface area contributed by atoms with Crippen LogP contribution in [0.5, 0.6) is 0 Å². The maximum Gasteiger partial charge on any atom is 0.230 e. The van der Waals surface area contributed by atoms with Crippen LogP contribution in [-0.2, 0) is 11.3 Å². The van der Waals surface area contributed by atoms with Crippen molar-refractivity contribution in [2.45, 2.75) is 26.3 Å². The zero-order valence-electron chi connectivity index (χ0n) is 20.2. The molecule has 2 fully saturated rings. The highest BCUT2D eigenvalue weighted by atomic mass is 16.2. The average molecular weight is 473 g/mol. The van der Waals surface area contributed by atoms with Gasteiger partial charge < -0.3 is 15.1 Å². The summed E-state index contributed by atoms with van der Waals surface area (Å²) < 4.78 is 0. The van der Waals surface area contributed by atoms with Crippen LogP contribution in [0.1, 0.15) is 24.1 Å². The molecule has 0 saturated carbocycles. The molecule has 0 bridgehead atoms. The van der Waals surface area contributed by atoms with Crippen molar-refractivity contribution in [1.82, 2.24) is 25.1 Å². The fourth-order valence-electron chi connectivity index (χ4n) is 4.75. The Balaban J connectivity index is 1.16. The van der Waals surface area contributed by atoms with Crippen LogP contribution in [0.3, 0.4) is 0 Å². The smallest absolute Gasteiger partial charge is 0.230 e. The van der Waals surface area contributed by atoms with Gasteiger partial charge in [0.25, 0.3) is 0 Å². The van der Waals surface area contributed by atoms with Crippen LogP contribution >= 0.6 is 0 Å². The van der Waals surface area contributed by atoms with E-state index in [9.17, 15) is 4.79 Å². The first kappa shape index (κ1) is 23.2. The van der Waals surface area contributed by atoms with Crippen molar-refractivity contribution in [2.24, 2.45) is 5.92 Å². The topological polar surface area (TPSA) is 90.4 Å². The molecule has 1 unspecified atom stereocenters. The van der Waals surface area contributed by atoms with Crippen molar-refractivity contribution in [3.05, 3.63) is 66.1 Å². The van der Waals surface area contributed by atoms with Crippen LogP contribution in [0, 0.1) is 12.8 Å². The fraction of sp³-hybridized carbons (Fsp3) is 0.423. The summed E-state index contributed by atoms with van der Waals surface area (Å²) in [5, 5.41) is 11.5. The van der Waals surface area contributed by atoms with E-state index in [2.05, 4.69) is 70.5 Å². The normalized spacial score (nSPS) is 18.9. The third kappa shape index (κ3) is 5.92. The maximum absolute atomic E-state index is 13.0. The predicted molar refractivity (Wildman–Crippen MR) is 136 cm³/mol. The molecule has 4 heterocycles. The number of hydrogen-bond donors (Lipinski definition) is 1. The summed E-state index contributed by atoms with van der Waals surface area (Å²) in [5.74, 6) is 2.11. The third-order valence-electron chi connectivity index (χ3n) is 6.75. The molecule has 5 rings (SSSR count). The Morgan fingerprint density at radius 3 is 2.54 bits per heavy atom. The second kappa shape index (κ2) is 10.8. The first-order chi connectivity index (χ1) is 17.1. The van der Waals surface area contributed by atoms with Gasteiger partial charge in [0.2, 0.25) is 5.91 Å². The number of aryl methyl sites for hydroxylation is 1. The van der Waals surface area contributed by atoms with Crippen LogP contribution in [0.4, 0.5) is 17.5 Å². The molecule has 0 radical (unpaired) electrons. The highest BCUT2D eigenvalue weighted by Crippen LogP contribution is 2.23. The SMILES string of the molecule is Cc1ccc(N2CCCC(C(=O)Nc3cc(N4CCN(Cc5ccccc5)CC4)ncn3)C2)nn1. The number of piperidine rings is 1. The molecule has 9 heteroatoms. The van der Waals surface area contributed by atoms with Crippen LogP contribution in [0.25, 0.3) is 0 Å². The quantitative estimate of drug-likeness (QED) is 0.586. The van der Waals surface area contributed by atoms with E-state index in [-0.39, 0.29) is 11.8 Å². The molecular formula is C26H32N8O. The van der Waals surface area contributed by atoms with Gasteiger partial charge in [-0.25, -0.2) is 9.97 Å². The highest BCUT2D eigenvalue weighted by Gasteiger charge is 2.27. The van der Waals surface area contributed by atoms with Gasteiger partial charge in [0.1, 0.15) is 18.0 Å². The number of nitrogens with one attached hydrogen (secondary N) is 1. The molecule has 3 aromatic rings. The standard InChI is InChI=1S/C26H32N8O/c1-20-9-10-24(31-30-20)34-11-5-8-22(18-34)26(35)29-23-16-25(28-19-27-23)33-14-12-32(13-15-33)17-21-6-3-2-4-7-21/h2-4,6-7,9-10,16,19,22H,5,8,11-15,17-18H2,1H3,(H,27,28,29,35). The van der Waals surface area contributed by atoms with Crippen LogP contribution in [0.2, 0.25) is 0 Å². The Morgan fingerprint density at radius 1 is 0.943 bits per heavy atom. The molecule has 9 nitrogen and oxygen atoms in total. The highest BCUT2D eigenvalue weighted by molar-refractivity contribution is 5.92. The van der Waals surface area contributed by atoms with E-state index in [1.807, 2.05) is 25.1 Å². The first-order valence-corrected chi connectivity index (χ1v) is 12.3. The number of carbonyl (C=O) groups excluding carboxylic acids is 1. The van der Waals surface area contributed by atoms with Crippen LogP contribution in [-0.4, -0.2) is 70.2 Å². The summed E-state index contributed by atoms with van der Waals surface area (Å²) in [4.78, 5) is 28.7. The number of aromatic nitrogens is 4. The number of benzene rings is 1. The largest absolute Gasteiger partial charge is 0.354 e. The molecule has 1 atom stereocenters. The van der Waals surface area contributed by atoms with Crippen LogP contribution < -0.4 is 15.1 Å². The zero-order valence-corrected chi connectivity index (χ0v) is 20.2. The van der Waals surface area contributed by atoms with Gasteiger partial charge in [0.15, 0.2) is 5.82 Å². The molecule has 2 aliphatic heterocycles. The maximum atomic E-state index is 13.0. The Morgan fingerprint density at radius 2 is 1.77 bits per heavy atom. The van der Waals surface area contributed by atoms with Gasteiger partial charge in [-0.15, -0.1) is 5.10 Å². The lowest BCUT2D eigenvalue weighted by Crippen LogP contribution is -2.46. The lowest BCUT2D eigenvalue weighted by Gasteiger charge is -2.35. The minimum absolute atomic E-state index is 0.00731. The summed E-state index contributed by atoms with van der Waals surface area (Å²) in [6, 6.07) is 16.4. The number of amides is 1. The van der Waals surface area contributed by atoms with Gasteiger partial charge in [0.05, 0.1) is 11.6 Å². The van der Waals surface area contributed by atoms with Crippen molar-refractivity contribution in [1.29, 1.82) is 0 Å². The van der Waals surface area contributed by atoms with Crippen molar-refractivity contribution in [3.63, 3.8) is 0 Å². The molecule has 182 valence electrons. The third-order valence-corrected chi connectivity index (χ3v) is 6.75. The number of rotatable bonds is 6. The molecule has 35 heavy (non-hydrogen) atoms. The van der Waals surface area contributed by atoms with E-state index >= 15 is 0 Å². The first-order valence-electron chi connectivity index (χ1n) is 12.3. The lowest BCUT2D eigenvalue weighted by molar-refractivity contribution is -0.120. The van der Waals surface area contributed by atoms with Gasteiger partial charge >= 0.3 is 0 Å². The lowest BCUT2D eigenvalue weighted by atomic mass is 9.97. The molecule has 0 spiro atoms. The average Bonchev–Trinajstić information content (AvgIpc) is 2.90. The van der Waals surface area contributed by atoms with Gasteiger partial charge in [-0.1, -0.05) is 30.3 Å².